The Bertz CT molecular complexity index is 721. The number of ether oxygens (including phenoxy) is 1. The van der Waals surface area contributed by atoms with Gasteiger partial charge in [-0.05, 0) is 18.9 Å². The maximum atomic E-state index is 13.8. The van der Waals surface area contributed by atoms with Crippen LogP contribution in [0, 0.1) is 15.9 Å². The van der Waals surface area contributed by atoms with Gasteiger partial charge in [0.15, 0.2) is 0 Å². The van der Waals surface area contributed by atoms with Crippen LogP contribution in [0.25, 0.3) is 10.9 Å². The van der Waals surface area contributed by atoms with E-state index < -0.39 is 22.4 Å². The molecule has 0 saturated heterocycles. The number of esters is 1. The van der Waals surface area contributed by atoms with Gasteiger partial charge in [-0.1, -0.05) is 13.8 Å². The molecule has 2 rings (SSSR count). The third-order valence-corrected chi connectivity index (χ3v) is 3.15. The Hall–Kier alpha value is -2.44. The molecular weight excluding hydrogens is 279 g/mol. The first kappa shape index (κ1) is 15.0. The third-order valence-electron chi connectivity index (χ3n) is 3.15. The van der Waals surface area contributed by atoms with Crippen LogP contribution in [-0.4, -0.2) is 22.5 Å². The summed E-state index contributed by atoms with van der Waals surface area (Å²) < 4.78 is 18.8. The number of rotatable bonds is 4. The Balaban J connectivity index is 2.75. The number of carbonyl (C=O) groups is 1. The molecule has 0 radical (unpaired) electrons. The summed E-state index contributed by atoms with van der Waals surface area (Å²) in [6.45, 7) is 5.59. The molecule has 2 aromatic rings. The summed E-state index contributed by atoms with van der Waals surface area (Å²) in [5.41, 5.74) is 0.517. The molecule has 0 bridgehead atoms. The second-order valence-electron chi connectivity index (χ2n) is 4.90. The zero-order valence-corrected chi connectivity index (χ0v) is 11.9. The largest absolute Gasteiger partial charge is 0.462 e. The number of hydrogen-bond acceptors (Lipinski definition) is 4. The minimum atomic E-state index is -0.979. The Kier molecular flexibility index (Phi) is 3.93. The van der Waals surface area contributed by atoms with Crippen LogP contribution in [0.3, 0.4) is 0 Å². The van der Waals surface area contributed by atoms with Crippen LogP contribution < -0.4 is 0 Å². The van der Waals surface area contributed by atoms with Crippen LogP contribution in [0.15, 0.2) is 12.1 Å². The average Bonchev–Trinajstić information content (AvgIpc) is 2.76. The van der Waals surface area contributed by atoms with E-state index in [-0.39, 0.29) is 18.1 Å². The van der Waals surface area contributed by atoms with Crippen LogP contribution in [0.1, 0.15) is 42.7 Å². The summed E-state index contributed by atoms with van der Waals surface area (Å²) >= 11 is 0. The van der Waals surface area contributed by atoms with E-state index in [9.17, 15) is 19.3 Å². The zero-order chi connectivity index (χ0) is 15.7. The molecule has 1 heterocycles. The molecule has 21 heavy (non-hydrogen) atoms. The van der Waals surface area contributed by atoms with Gasteiger partial charge in [-0.2, -0.15) is 4.39 Å². The summed E-state index contributed by atoms with van der Waals surface area (Å²) in [6.07, 6.45) is 0. The molecule has 0 saturated carbocycles. The quantitative estimate of drug-likeness (QED) is 0.531. The number of nitrogens with zero attached hydrogens (tertiary/aromatic N) is 1. The fourth-order valence-electron chi connectivity index (χ4n) is 2.22. The number of nitro groups is 1. The molecule has 0 aliphatic rings. The number of H-pyrrole nitrogens is 1. The van der Waals surface area contributed by atoms with Crippen molar-refractivity contribution in [3.63, 3.8) is 0 Å². The minimum absolute atomic E-state index is 0.0427. The lowest BCUT2D eigenvalue weighted by Gasteiger charge is -2.06. The van der Waals surface area contributed by atoms with Crippen molar-refractivity contribution >= 4 is 22.6 Å². The maximum absolute atomic E-state index is 13.8. The molecule has 0 aliphatic heterocycles. The second-order valence-corrected chi connectivity index (χ2v) is 4.90. The normalized spacial score (nSPS) is 11.1. The number of carbonyl (C=O) groups excluding carboxylic acids is 1. The molecular formula is C14H15FN2O4. The Morgan fingerprint density at radius 3 is 2.67 bits per heavy atom. The smallest absolute Gasteiger partial charge is 0.340 e. The topological polar surface area (TPSA) is 85.2 Å². The molecule has 0 aliphatic carbocycles. The first-order valence-corrected chi connectivity index (χ1v) is 6.53. The highest BCUT2D eigenvalue weighted by atomic mass is 19.1. The van der Waals surface area contributed by atoms with Gasteiger partial charge >= 0.3 is 11.7 Å². The van der Waals surface area contributed by atoms with E-state index in [2.05, 4.69) is 4.98 Å². The predicted molar refractivity (Wildman–Crippen MR) is 75.0 cm³/mol. The number of fused-ring (bicyclic) bond motifs is 1. The van der Waals surface area contributed by atoms with Crippen LogP contribution in [0.2, 0.25) is 0 Å². The van der Waals surface area contributed by atoms with Crippen molar-refractivity contribution in [2.45, 2.75) is 26.7 Å². The minimum Gasteiger partial charge on any atom is -0.462 e. The van der Waals surface area contributed by atoms with Gasteiger partial charge in [-0.3, -0.25) is 10.1 Å². The summed E-state index contributed by atoms with van der Waals surface area (Å²) in [5, 5.41) is 11.1. The number of aromatic amines is 1. The molecule has 7 heteroatoms. The van der Waals surface area contributed by atoms with E-state index >= 15 is 0 Å². The lowest BCUT2D eigenvalue weighted by molar-refractivity contribution is -0.387. The van der Waals surface area contributed by atoms with E-state index in [1.165, 1.54) is 0 Å². The highest BCUT2D eigenvalue weighted by Crippen LogP contribution is 2.32. The van der Waals surface area contributed by atoms with Crippen molar-refractivity contribution in [2.75, 3.05) is 6.61 Å². The second kappa shape index (κ2) is 5.51. The average molecular weight is 294 g/mol. The molecule has 0 fully saturated rings. The molecule has 6 nitrogen and oxygen atoms in total. The van der Waals surface area contributed by atoms with E-state index in [0.717, 1.165) is 12.1 Å². The Morgan fingerprint density at radius 1 is 1.48 bits per heavy atom. The van der Waals surface area contributed by atoms with Crippen molar-refractivity contribution in [3.8, 4) is 0 Å². The predicted octanol–water partition coefficient (Wildman–Crippen LogP) is 3.52. The van der Waals surface area contributed by atoms with Crippen LogP contribution in [0.5, 0.6) is 0 Å². The van der Waals surface area contributed by atoms with Gasteiger partial charge in [0.25, 0.3) is 0 Å². The van der Waals surface area contributed by atoms with Crippen molar-refractivity contribution in [1.82, 2.24) is 4.98 Å². The highest BCUT2D eigenvalue weighted by Gasteiger charge is 2.25. The van der Waals surface area contributed by atoms with E-state index in [1.807, 2.05) is 13.8 Å². The third kappa shape index (κ3) is 2.58. The lowest BCUT2D eigenvalue weighted by atomic mass is 10.0. The van der Waals surface area contributed by atoms with Gasteiger partial charge < -0.3 is 9.72 Å². The summed E-state index contributed by atoms with van der Waals surface area (Å²) in [4.78, 5) is 25.0. The Morgan fingerprint density at radius 2 is 2.14 bits per heavy atom. The molecule has 1 N–H and O–H groups in total. The molecule has 0 unspecified atom stereocenters. The fraction of sp³-hybridized carbons (Fsp3) is 0.357. The van der Waals surface area contributed by atoms with Crippen LogP contribution in [0.4, 0.5) is 10.1 Å². The van der Waals surface area contributed by atoms with Gasteiger partial charge in [0.1, 0.15) is 0 Å². The molecule has 0 spiro atoms. The first-order valence-electron chi connectivity index (χ1n) is 6.53. The van der Waals surface area contributed by atoms with E-state index in [1.54, 1.807) is 6.92 Å². The van der Waals surface area contributed by atoms with Crippen molar-refractivity contribution in [1.29, 1.82) is 0 Å². The van der Waals surface area contributed by atoms with Crippen molar-refractivity contribution in [3.05, 3.63) is 39.3 Å². The van der Waals surface area contributed by atoms with Gasteiger partial charge in [0.2, 0.25) is 5.82 Å². The highest BCUT2D eigenvalue weighted by molar-refractivity contribution is 6.06. The zero-order valence-electron chi connectivity index (χ0n) is 11.9. The fourth-order valence-corrected chi connectivity index (χ4v) is 2.22. The van der Waals surface area contributed by atoms with Crippen molar-refractivity contribution in [2.24, 2.45) is 0 Å². The lowest BCUT2D eigenvalue weighted by Crippen LogP contribution is -2.08. The van der Waals surface area contributed by atoms with Gasteiger partial charge in [0.05, 0.1) is 22.6 Å². The number of aromatic nitrogens is 1. The van der Waals surface area contributed by atoms with E-state index in [0.29, 0.717) is 16.6 Å². The van der Waals surface area contributed by atoms with Gasteiger partial charge in [0, 0.05) is 17.1 Å². The standard InChI is InChI=1S/C14H15FN2O4/c1-4-21-14(18)12-8-5-9(15)11(17(19)20)6-10(8)16-13(12)7(2)3/h5-7,16H,4H2,1-3H3. The van der Waals surface area contributed by atoms with Crippen LogP contribution in [-0.2, 0) is 4.74 Å². The van der Waals surface area contributed by atoms with Gasteiger partial charge in [-0.15, -0.1) is 0 Å². The molecule has 1 aromatic heterocycles. The summed E-state index contributed by atoms with van der Waals surface area (Å²) in [5.74, 6) is -1.59. The summed E-state index contributed by atoms with van der Waals surface area (Å²) in [6, 6.07) is 2.10. The Labute approximate surface area is 120 Å². The SMILES string of the molecule is CCOC(=O)c1c(C(C)C)[nH]c2cc([N+](=O)[O-])c(F)cc12. The van der Waals surface area contributed by atoms with Crippen molar-refractivity contribution < 1.29 is 18.8 Å². The molecule has 0 atom stereocenters. The number of benzene rings is 1. The monoisotopic (exact) mass is 294 g/mol. The van der Waals surface area contributed by atoms with E-state index in [4.69, 9.17) is 4.74 Å². The molecule has 112 valence electrons. The molecule has 1 aromatic carbocycles. The number of halogens is 1. The number of nitro benzene ring substituents is 1. The first-order chi connectivity index (χ1) is 9.86. The van der Waals surface area contributed by atoms with Gasteiger partial charge in [-0.25, -0.2) is 4.79 Å². The number of hydrogen-bond donors (Lipinski definition) is 1. The molecule has 0 amide bonds. The summed E-state index contributed by atoms with van der Waals surface area (Å²) in [7, 11) is 0. The van der Waals surface area contributed by atoms with Crippen LogP contribution >= 0.6 is 0 Å². The maximum Gasteiger partial charge on any atom is 0.340 e. The number of nitrogens with one attached hydrogen (secondary N) is 1.